The maximum atomic E-state index is 12.4. The lowest BCUT2D eigenvalue weighted by molar-refractivity contribution is -0.123. The molecule has 128 valence electrons. The highest BCUT2D eigenvalue weighted by Crippen LogP contribution is 2.26. The van der Waals surface area contributed by atoms with E-state index in [1.807, 2.05) is 37.4 Å². The number of ether oxygens (including phenoxy) is 1. The number of thiophene rings is 1. The first-order valence-electron chi connectivity index (χ1n) is 7.71. The second kappa shape index (κ2) is 7.97. The Kier molecular flexibility index (Phi) is 5.98. The van der Waals surface area contributed by atoms with Gasteiger partial charge in [0.2, 0.25) is 5.91 Å². The van der Waals surface area contributed by atoms with Gasteiger partial charge in [-0.15, -0.1) is 11.3 Å². The van der Waals surface area contributed by atoms with Gasteiger partial charge in [0.1, 0.15) is 11.8 Å². The third-order valence-electron chi connectivity index (χ3n) is 3.70. The fourth-order valence-corrected chi connectivity index (χ4v) is 2.98. The lowest BCUT2D eigenvalue weighted by Crippen LogP contribution is -2.45. The number of carbonyl (C=O) groups is 2. The van der Waals surface area contributed by atoms with Crippen molar-refractivity contribution in [3.8, 4) is 5.75 Å². The van der Waals surface area contributed by atoms with Crippen molar-refractivity contribution in [1.82, 2.24) is 10.6 Å². The van der Waals surface area contributed by atoms with Crippen LogP contribution in [0.25, 0.3) is 0 Å². The monoisotopic (exact) mass is 346 g/mol. The smallest absolute Gasteiger partial charge is 0.261 e. The van der Waals surface area contributed by atoms with Crippen LogP contribution in [0.4, 0.5) is 0 Å². The van der Waals surface area contributed by atoms with Crippen molar-refractivity contribution >= 4 is 23.2 Å². The van der Waals surface area contributed by atoms with E-state index in [9.17, 15) is 9.59 Å². The molecule has 0 bridgehead atoms. The summed E-state index contributed by atoms with van der Waals surface area (Å²) in [7, 11) is 1.60. The van der Waals surface area contributed by atoms with Crippen LogP contribution in [0, 0.1) is 6.92 Å². The summed E-state index contributed by atoms with van der Waals surface area (Å²) < 4.78 is 5.36. The fourth-order valence-electron chi connectivity index (χ4n) is 2.35. The zero-order chi connectivity index (χ0) is 17.7. The number of aryl methyl sites for hydroxylation is 1. The lowest BCUT2D eigenvalue weighted by Gasteiger charge is -2.20. The first-order chi connectivity index (χ1) is 11.4. The van der Waals surface area contributed by atoms with Crippen molar-refractivity contribution in [2.75, 3.05) is 7.11 Å². The first-order valence-corrected chi connectivity index (χ1v) is 8.59. The van der Waals surface area contributed by atoms with E-state index in [-0.39, 0.29) is 17.9 Å². The van der Waals surface area contributed by atoms with Crippen LogP contribution in [0.15, 0.2) is 35.7 Å². The van der Waals surface area contributed by atoms with Crippen LogP contribution in [-0.4, -0.2) is 25.0 Å². The van der Waals surface area contributed by atoms with Crippen molar-refractivity contribution in [3.63, 3.8) is 0 Å². The van der Waals surface area contributed by atoms with Gasteiger partial charge in [-0.2, -0.15) is 0 Å². The standard InChI is InChI=1S/C18H22N2O3S/c1-11-7-8-15(23-4)14(10-11)12(2)19-17(21)13(3)20-18(22)16-6-5-9-24-16/h5-10,12-13H,1-4H3,(H,19,21)(H,20,22). The van der Waals surface area contributed by atoms with Gasteiger partial charge < -0.3 is 15.4 Å². The molecule has 0 spiro atoms. The van der Waals surface area contributed by atoms with Crippen LogP contribution < -0.4 is 15.4 Å². The van der Waals surface area contributed by atoms with Gasteiger partial charge in [0.05, 0.1) is 18.0 Å². The zero-order valence-electron chi connectivity index (χ0n) is 14.3. The Morgan fingerprint density at radius 1 is 1.17 bits per heavy atom. The summed E-state index contributed by atoms with van der Waals surface area (Å²) in [5.74, 6) is 0.244. The van der Waals surface area contributed by atoms with E-state index in [4.69, 9.17) is 4.74 Å². The Morgan fingerprint density at radius 3 is 2.54 bits per heavy atom. The first kappa shape index (κ1) is 18.0. The Hall–Kier alpha value is -2.34. The second-order valence-electron chi connectivity index (χ2n) is 5.65. The van der Waals surface area contributed by atoms with Crippen LogP contribution in [-0.2, 0) is 4.79 Å². The molecule has 2 N–H and O–H groups in total. The quantitative estimate of drug-likeness (QED) is 0.845. The van der Waals surface area contributed by atoms with Crippen LogP contribution in [0.5, 0.6) is 5.75 Å². The highest BCUT2D eigenvalue weighted by atomic mass is 32.1. The number of hydrogen-bond acceptors (Lipinski definition) is 4. The van der Waals surface area contributed by atoms with Crippen LogP contribution in [0.1, 0.15) is 40.7 Å². The Bertz CT molecular complexity index is 713. The predicted molar refractivity (Wildman–Crippen MR) is 95.5 cm³/mol. The molecule has 2 rings (SSSR count). The molecular formula is C18H22N2O3S. The van der Waals surface area contributed by atoms with Crippen molar-refractivity contribution in [3.05, 3.63) is 51.7 Å². The maximum Gasteiger partial charge on any atom is 0.261 e. The average Bonchev–Trinajstić information content (AvgIpc) is 3.09. The number of rotatable bonds is 6. The van der Waals surface area contributed by atoms with E-state index in [0.717, 1.165) is 16.9 Å². The molecule has 0 aliphatic heterocycles. The van der Waals surface area contributed by atoms with Gasteiger partial charge in [0, 0.05) is 5.56 Å². The molecule has 2 unspecified atom stereocenters. The molecule has 1 aromatic carbocycles. The Labute approximate surface area is 146 Å². The molecule has 0 saturated heterocycles. The molecule has 1 heterocycles. The molecule has 24 heavy (non-hydrogen) atoms. The number of benzene rings is 1. The lowest BCUT2D eigenvalue weighted by atomic mass is 10.0. The van der Waals surface area contributed by atoms with Gasteiger partial charge >= 0.3 is 0 Å². The van der Waals surface area contributed by atoms with Crippen molar-refractivity contribution < 1.29 is 14.3 Å². The minimum absolute atomic E-state index is 0.228. The fraction of sp³-hybridized carbons (Fsp3) is 0.333. The number of amides is 2. The number of carbonyl (C=O) groups excluding carboxylic acids is 2. The summed E-state index contributed by atoms with van der Waals surface area (Å²) in [6.07, 6.45) is 0. The molecule has 5 nitrogen and oxygen atoms in total. The maximum absolute atomic E-state index is 12.4. The molecular weight excluding hydrogens is 324 g/mol. The molecule has 0 fully saturated rings. The number of nitrogens with one attached hydrogen (secondary N) is 2. The molecule has 1 aromatic heterocycles. The van der Waals surface area contributed by atoms with Crippen molar-refractivity contribution in [1.29, 1.82) is 0 Å². The van der Waals surface area contributed by atoms with Gasteiger partial charge in [-0.05, 0) is 38.3 Å². The molecule has 6 heteroatoms. The molecule has 0 radical (unpaired) electrons. The van der Waals surface area contributed by atoms with E-state index in [0.29, 0.717) is 4.88 Å². The topological polar surface area (TPSA) is 67.4 Å². The predicted octanol–water partition coefficient (Wildman–Crippen LogP) is 3.06. The Balaban J connectivity index is 2.00. The average molecular weight is 346 g/mol. The highest BCUT2D eigenvalue weighted by Gasteiger charge is 2.20. The minimum atomic E-state index is -0.627. The Morgan fingerprint density at radius 2 is 1.92 bits per heavy atom. The highest BCUT2D eigenvalue weighted by molar-refractivity contribution is 7.12. The van der Waals surface area contributed by atoms with E-state index >= 15 is 0 Å². The van der Waals surface area contributed by atoms with E-state index in [1.54, 1.807) is 26.2 Å². The van der Waals surface area contributed by atoms with E-state index < -0.39 is 6.04 Å². The molecule has 2 atom stereocenters. The second-order valence-corrected chi connectivity index (χ2v) is 6.60. The van der Waals surface area contributed by atoms with Crippen LogP contribution >= 0.6 is 11.3 Å². The van der Waals surface area contributed by atoms with Crippen molar-refractivity contribution in [2.24, 2.45) is 0 Å². The number of hydrogen-bond donors (Lipinski definition) is 2. The normalized spacial score (nSPS) is 13.0. The minimum Gasteiger partial charge on any atom is -0.496 e. The van der Waals surface area contributed by atoms with E-state index in [1.165, 1.54) is 11.3 Å². The largest absolute Gasteiger partial charge is 0.496 e. The summed E-state index contributed by atoms with van der Waals surface area (Å²) in [6.45, 7) is 5.55. The molecule has 0 saturated carbocycles. The molecule has 0 aliphatic carbocycles. The third kappa shape index (κ3) is 4.35. The molecule has 2 amide bonds. The van der Waals surface area contributed by atoms with Crippen LogP contribution in [0.2, 0.25) is 0 Å². The molecule has 2 aromatic rings. The molecule has 0 aliphatic rings. The van der Waals surface area contributed by atoms with Gasteiger partial charge in [-0.1, -0.05) is 23.8 Å². The summed E-state index contributed by atoms with van der Waals surface area (Å²) >= 11 is 1.34. The van der Waals surface area contributed by atoms with Gasteiger partial charge in [0.15, 0.2) is 0 Å². The van der Waals surface area contributed by atoms with Crippen molar-refractivity contribution in [2.45, 2.75) is 32.9 Å². The summed E-state index contributed by atoms with van der Waals surface area (Å²) in [6, 6.07) is 8.50. The number of methoxy groups -OCH3 is 1. The van der Waals surface area contributed by atoms with Gasteiger partial charge in [-0.3, -0.25) is 9.59 Å². The van der Waals surface area contributed by atoms with E-state index in [2.05, 4.69) is 10.6 Å². The summed E-state index contributed by atoms with van der Waals surface area (Å²) in [5, 5.41) is 7.45. The van der Waals surface area contributed by atoms with Gasteiger partial charge in [0.25, 0.3) is 5.91 Å². The SMILES string of the molecule is COc1ccc(C)cc1C(C)NC(=O)C(C)NC(=O)c1cccs1. The zero-order valence-corrected chi connectivity index (χ0v) is 15.1. The summed E-state index contributed by atoms with van der Waals surface area (Å²) in [4.78, 5) is 25.0. The summed E-state index contributed by atoms with van der Waals surface area (Å²) in [5.41, 5.74) is 1.99. The van der Waals surface area contributed by atoms with Gasteiger partial charge in [-0.25, -0.2) is 0 Å². The van der Waals surface area contributed by atoms with Crippen LogP contribution in [0.3, 0.4) is 0 Å². The third-order valence-corrected chi connectivity index (χ3v) is 4.56.